The number of benzene rings is 2. The van der Waals surface area contributed by atoms with Crippen LogP contribution in [-0.4, -0.2) is 56.9 Å². The van der Waals surface area contributed by atoms with Gasteiger partial charge in [0, 0.05) is 18.0 Å². The second kappa shape index (κ2) is 10.3. The summed E-state index contributed by atoms with van der Waals surface area (Å²) in [6.07, 6.45) is 0.593. The quantitative estimate of drug-likeness (QED) is 0.480. The predicted molar refractivity (Wildman–Crippen MR) is 119 cm³/mol. The average Bonchev–Trinajstić information content (AvgIpc) is 3.46. The molecule has 4 rings (SSSR count). The second-order valence-corrected chi connectivity index (χ2v) is 7.94. The van der Waals surface area contributed by atoms with E-state index in [4.69, 9.17) is 9.47 Å². The molecule has 1 aliphatic rings. The third-order valence-corrected chi connectivity index (χ3v) is 5.45. The van der Waals surface area contributed by atoms with Gasteiger partial charge in [-0.3, -0.25) is 0 Å². The highest BCUT2D eigenvalue weighted by molar-refractivity contribution is 5.65. The molecular weight excluding hydrogens is 446 g/mol. The third-order valence-electron chi connectivity index (χ3n) is 5.45. The van der Waals surface area contributed by atoms with Crippen molar-refractivity contribution >= 4 is 0 Å². The topological polar surface area (TPSA) is 97.0 Å². The number of ether oxygens (including phenoxy) is 2. The largest absolute Gasteiger partial charge is 0.479 e. The van der Waals surface area contributed by atoms with E-state index in [1.807, 2.05) is 0 Å². The Hall–Kier alpha value is -3.29. The van der Waals surface area contributed by atoms with Crippen molar-refractivity contribution in [2.75, 3.05) is 19.8 Å². The molecule has 34 heavy (non-hydrogen) atoms. The molecule has 1 aliphatic heterocycles. The van der Waals surface area contributed by atoms with Crippen molar-refractivity contribution in [1.82, 2.24) is 9.55 Å². The SMILES string of the molecule is C[C@H](O)c1nccn1[C@@H](C#Cc1ccc(-c2cc(F)c(O[C@@H]3COC[C@H]3O)c(F)c2)cc1)CO. The minimum absolute atomic E-state index is 0.0582. The van der Waals surface area contributed by atoms with Gasteiger partial charge in [-0.25, -0.2) is 13.8 Å². The summed E-state index contributed by atoms with van der Waals surface area (Å²) in [7, 11) is 0. The van der Waals surface area contributed by atoms with Crippen molar-refractivity contribution in [1.29, 1.82) is 0 Å². The fraction of sp³-hybridized carbons (Fsp3) is 0.320. The highest BCUT2D eigenvalue weighted by Gasteiger charge is 2.30. The number of rotatable bonds is 6. The van der Waals surface area contributed by atoms with Crippen LogP contribution in [0.5, 0.6) is 5.75 Å². The first-order valence-electron chi connectivity index (χ1n) is 10.7. The van der Waals surface area contributed by atoms with E-state index in [-0.39, 0.29) is 19.8 Å². The zero-order chi connectivity index (χ0) is 24.2. The Kier molecular flexibility index (Phi) is 7.24. The molecular formula is C25H24F2N2O5. The third kappa shape index (κ3) is 5.11. The number of hydrogen-bond donors (Lipinski definition) is 3. The van der Waals surface area contributed by atoms with Crippen molar-refractivity contribution < 1.29 is 33.6 Å². The highest BCUT2D eigenvalue weighted by atomic mass is 19.1. The maximum absolute atomic E-state index is 14.6. The molecule has 2 heterocycles. The van der Waals surface area contributed by atoms with Crippen LogP contribution in [-0.2, 0) is 4.74 Å². The first-order chi connectivity index (χ1) is 16.4. The lowest BCUT2D eigenvalue weighted by molar-refractivity contribution is 0.0680. The Balaban J connectivity index is 1.51. The summed E-state index contributed by atoms with van der Waals surface area (Å²) in [4.78, 5) is 4.08. The van der Waals surface area contributed by atoms with Crippen molar-refractivity contribution in [2.24, 2.45) is 0 Å². The molecule has 1 fully saturated rings. The normalized spacial score (nSPS) is 19.4. The zero-order valence-corrected chi connectivity index (χ0v) is 18.4. The summed E-state index contributed by atoms with van der Waals surface area (Å²) in [5.41, 5.74) is 1.53. The number of aromatic nitrogens is 2. The van der Waals surface area contributed by atoms with Gasteiger partial charge >= 0.3 is 0 Å². The van der Waals surface area contributed by atoms with E-state index in [0.717, 1.165) is 0 Å². The van der Waals surface area contributed by atoms with Crippen LogP contribution >= 0.6 is 0 Å². The molecule has 0 unspecified atom stereocenters. The van der Waals surface area contributed by atoms with Gasteiger partial charge in [0.2, 0.25) is 0 Å². The summed E-state index contributed by atoms with van der Waals surface area (Å²) < 4.78 is 41.1. The Bertz CT molecular complexity index is 1180. The average molecular weight is 470 g/mol. The molecule has 0 amide bonds. The van der Waals surface area contributed by atoms with E-state index in [1.165, 1.54) is 18.3 Å². The molecule has 4 atom stereocenters. The molecule has 0 saturated carbocycles. The Labute approximate surface area is 195 Å². The van der Waals surface area contributed by atoms with Gasteiger partial charge in [0.25, 0.3) is 0 Å². The summed E-state index contributed by atoms with van der Waals surface area (Å²) in [5.74, 6) is 4.01. The van der Waals surface area contributed by atoms with E-state index < -0.39 is 41.7 Å². The minimum Gasteiger partial charge on any atom is -0.479 e. The first kappa shape index (κ1) is 23.9. The van der Waals surface area contributed by atoms with E-state index in [1.54, 1.807) is 42.0 Å². The molecule has 3 aromatic rings. The van der Waals surface area contributed by atoms with Crippen molar-refractivity contribution in [3.05, 3.63) is 71.8 Å². The second-order valence-electron chi connectivity index (χ2n) is 7.94. The molecule has 3 N–H and O–H groups in total. The standard InChI is InChI=1S/C25H24F2N2O5/c1-15(31)25-28-8-9-29(25)19(12-30)7-4-16-2-5-17(6-3-16)18-10-20(26)24(21(27)11-18)34-23-14-33-13-22(23)32/h2-3,5-6,8-11,15,19,22-23,30-32H,12-14H2,1H3/t15-,19-,22+,23+/m0/s1. The minimum atomic E-state index is -0.940. The van der Waals surface area contributed by atoms with Crippen LogP contribution in [0.15, 0.2) is 48.8 Å². The molecule has 1 saturated heterocycles. The van der Waals surface area contributed by atoms with Gasteiger partial charge in [0.1, 0.15) is 24.1 Å². The number of hydrogen-bond acceptors (Lipinski definition) is 6. The van der Waals surface area contributed by atoms with Crippen molar-refractivity contribution in [3.8, 4) is 28.7 Å². The van der Waals surface area contributed by atoms with E-state index in [2.05, 4.69) is 16.8 Å². The Morgan fingerprint density at radius 1 is 1.18 bits per heavy atom. The molecule has 2 aromatic carbocycles. The number of aliphatic hydroxyl groups is 3. The van der Waals surface area contributed by atoms with Gasteiger partial charge in [-0.05, 0) is 42.3 Å². The van der Waals surface area contributed by atoms with Crippen molar-refractivity contribution in [2.45, 2.75) is 31.3 Å². The predicted octanol–water partition coefficient (Wildman–Crippen LogP) is 2.61. The van der Waals surface area contributed by atoms with Crippen LogP contribution in [0.1, 0.15) is 30.5 Å². The van der Waals surface area contributed by atoms with Crippen LogP contribution in [0, 0.1) is 23.5 Å². The number of nitrogens with zero attached hydrogens (tertiary/aromatic N) is 2. The van der Waals surface area contributed by atoms with Gasteiger partial charge in [0.05, 0.1) is 19.8 Å². The van der Waals surface area contributed by atoms with E-state index >= 15 is 0 Å². The Morgan fingerprint density at radius 2 is 1.88 bits per heavy atom. The molecule has 0 aliphatic carbocycles. The summed E-state index contributed by atoms with van der Waals surface area (Å²) >= 11 is 0. The lowest BCUT2D eigenvalue weighted by Crippen LogP contribution is -2.30. The van der Waals surface area contributed by atoms with E-state index in [0.29, 0.717) is 22.5 Å². The molecule has 7 nitrogen and oxygen atoms in total. The van der Waals surface area contributed by atoms with Crippen LogP contribution in [0.2, 0.25) is 0 Å². The maximum Gasteiger partial charge on any atom is 0.191 e. The molecule has 0 spiro atoms. The van der Waals surface area contributed by atoms with Crippen LogP contribution < -0.4 is 4.74 Å². The zero-order valence-electron chi connectivity index (χ0n) is 18.4. The van der Waals surface area contributed by atoms with Crippen molar-refractivity contribution in [3.63, 3.8) is 0 Å². The van der Waals surface area contributed by atoms with Crippen LogP contribution in [0.3, 0.4) is 0 Å². The maximum atomic E-state index is 14.6. The summed E-state index contributed by atoms with van der Waals surface area (Å²) in [5, 5.41) is 29.3. The van der Waals surface area contributed by atoms with Crippen LogP contribution in [0.25, 0.3) is 11.1 Å². The monoisotopic (exact) mass is 470 g/mol. The summed E-state index contributed by atoms with van der Waals surface area (Å²) in [6, 6.07) is 8.50. The van der Waals surface area contributed by atoms with Gasteiger partial charge in [-0.1, -0.05) is 24.0 Å². The van der Waals surface area contributed by atoms with E-state index in [9.17, 15) is 24.1 Å². The van der Waals surface area contributed by atoms with Crippen LogP contribution in [0.4, 0.5) is 8.78 Å². The number of aliphatic hydroxyl groups excluding tert-OH is 3. The number of halogens is 2. The molecule has 178 valence electrons. The first-order valence-corrected chi connectivity index (χ1v) is 10.7. The smallest absolute Gasteiger partial charge is 0.191 e. The Morgan fingerprint density at radius 3 is 2.47 bits per heavy atom. The van der Waals surface area contributed by atoms with Gasteiger partial charge in [0.15, 0.2) is 23.5 Å². The molecule has 0 bridgehead atoms. The molecule has 1 aromatic heterocycles. The fourth-order valence-electron chi connectivity index (χ4n) is 3.65. The molecule has 9 heteroatoms. The summed E-state index contributed by atoms with van der Waals surface area (Å²) in [6.45, 7) is 1.43. The van der Waals surface area contributed by atoms with Gasteiger partial charge < -0.3 is 29.4 Å². The fourth-order valence-corrected chi connectivity index (χ4v) is 3.65. The lowest BCUT2D eigenvalue weighted by atomic mass is 10.0. The highest BCUT2D eigenvalue weighted by Crippen LogP contribution is 2.31. The lowest BCUT2D eigenvalue weighted by Gasteiger charge is -2.17. The van der Waals surface area contributed by atoms with Gasteiger partial charge in [-0.2, -0.15) is 0 Å². The van der Waals surface area contributed by atoms with Gasteiger partial charge in [-0.15, -0.1) is 0 Å². The molecule has 0 radical (unpaired) electrons. The number of imidazole rings is 1.